The number of fused-ring (bicyclic) bond motifs is 1. The molecular formula is C12H19NS3. The zero-order valence-electron chi connectivity index (χ0n) is 10.0. The molecule has 0 amide bonds. The Bertz CT molecular complexity index is 337. The van der Waals surface area contributed by atoms with E-state index in [9.17, 15) is 0 Å². The number of thioether (sulfide) groups is 2. The summed E-state index contributed by atoms with van der Waals surface area (Å²) in [6, 6.07) is 2.87. The molecule has 0 saturated carbocycles. The highest BCUT2D eigenvalue weighted by Crippen LogP contribution is 2.43. The van der Waals surface area contributed by atoms with E-state index in [-0.39, 0.29) is 0 Å². The van der Waals surface area contributed by atoms with Crippen LogP contribution >= 0.6 is 34.9 Å². The van der Waals surface area contributed by atoms with Gasteiger partial charge < -0.3 is 5.32 Å². The van der Waals surface area contributed by atoms with E-state index in [0.29, 0.717) is 11.3 Å². The molecule has 1 aromatic rings. The van der Waals surface area contributed by atoms with Gasteiger partial charge in [-0.1, -0.05) is 13.8 Å². The van der Waals surface area contributed by atoms with Crippen LogP contribution in [-0.2, 0) is 0 Å². The summed E-state index contributed by atoms with van der Waals surface area (Å²) < 4.78 is 1.52. The predicted octanol–water partition coefficient (Wildman–Crippen LogP) is 4.01. The molecule has 0 aliphatic carbocycles. The van der Waals surface area contributed by atoms with E-state index < -0.39 is 0 Å². The molecule has 16 heavy (non-hydrogen) atoms. The van der Waals surface area contributed by atoms with Crippen molar-refractivity contribution in [1.82, 2.24) is 5.32 Å². The lowest BCUT2D eigenvalue weighted by molar-refractivity contribution is 0.492. The molecule has 2 rings (SSSR count). The molecule has 4 heteroatoms. The largest absolute Gasteiger partial charge is 0.309 e. The minimum atomic E-state index is 0.576. The minimum Gasteiger partial charge on any atom is -0.309 e. The molecule has 3 atom stereocenters. The van der Waals surface area contributed by atoms with Crippen LogP contribution in [0.3, 0.4) is 0 Å². The van der Waals surface area contributed by atoms with Crippen LogP contribution in [0.1, 0.15) is 31.9 Å². The standard InChI is InChI=1S/C12H19NS3/c1-8-6-11(13-7-9(2)14-3)10-4-5-15-12(10)16-8/h4-5,8-9,11,13H,6-7H2,1-3H3/t8-,9?,11?/m0/s1. The summed E-state index contributed by atoms with van der Waals surface area (Å²) in [5.41, 5.74) is 1.53. The van der Waals surface area contributed by atoms with Gasteiger partial charge in [0.1, 0.15) is 0 Å². The summed E-state index contributed by atoms with van der Waals surface area (Å²) >= 11 is 5.86. The van der Waals surface area contributed by atoms with Crippen LogP contribution in [0.5, 0.6) is 0 Å². The zero-order valence-corrected chi connectivity index (χ0v) is 12.5. The summed E-state index contributed by atoms with van der Waals surface area (Å²) in [6.45, 7) is 5.73. The van der Waals surface area contributed by atoms with Gasteiger partial charge in [-0.2, -0.15) is 11.8 Å². The van der Waals surface area contributed by atoms with Gasteiger partial charge in [-0.15, -0.1) is 23.1 Å². The van der Waals surface area contributed by atoms with Crippen LogP contribution in [0.25, 0.3) is 0 Å². The molecule has 2 heterocycles. The first kappa shape index (κ1) is 12.8. The van der Waals surface area contributed by atoms with Crippen molar-refractivity contribution in [2.75, 3.05) is 12.8 Å². The Morgan fingerprint density at radius 3 is 3.19 bits per heavy atom. The monoisotopic (exact) mass is 273 g/mol. The molecule has 1 aliphatic heterocycles. The van der Waals surface area contributed by atoms with Gasteiger partial charge in [-0.25, -0.2) is 0 Å². The second-order valence-corrected chi connectivity index (χ2v) is 8.23. The Balaban J connectivity index is 2.00. The van der Waals surface area contributed by atoms with E-state index in [1.54, 1.807) is 0 Å². The van der Waals surface area contributed by atoms with Gasteiger partial charge in [0.25, 0.3) is 0 Å². The van der Waals surface area contributed by atoms with Crippen LogP contribution in [0.15, 0.2) is 15.7 Å². The summed E-state index contributed by atoms with van der Waals surface area (Å²) in [5, 5.41) is 7.39. The van der Waals surface area contributed by atoms with E-state index in [1.165, 1.54) is 16.2 Å². The van der Waals surface area contributed by atoms with Crippen LogP contribution in [0, 0.1) is 0 Å². The number of rotatable bonds is 4. The first-order valence-corrected chi connectivity index (χ1v) is 8.75. The highest BCUT2D eigenvalue weighted by Gasteiger charge is 2.25. The van der Waals surface area contributed by atoms with Crippen molar-refractivity contribution in [3.05, 3.63) is 17.0 Å². The first-order valence-electron chi connectivity index (χ1n) is 5.71. The Morgan fingerprint density at radius 1 is 1.62 bits per heavy atom. The maximum absolute atomic E-state index is 3.72. The number of hydrogen-bond acceptors (Lipinski definition) is 4. The summed E-state index contributed by atoms with van der Waals surface area (Å²) in [7, 11) is 0. The van der Waals surface area contributed by atoms with Gasteiger partial charge in [0.2, 0.25) is 0 Å². The van der Waals surface area contributed by atoms with Gasteiger partial charge in [0.05, 0.1) is 4.21 Å². The summed E-state index contributed by atoms with van der Waals surface area (Å²) in [6.07, 6.45) is 3.44. The van der Waals surface area contributed by atoms with Crippen LogP contribution in [-0.4, -0.2) is 23.3 Å². The molecule has 90 valence electrons. The van der Waals surface area contributed by atoms with Gasteiger partial charge in [-0.3, -0.25) is 0 Å². The lowest BCUT2D eigenvalue weighted by Crippen LogP contribution is -2.30. The molecule has 0 aromatic carbocycles. The van der Waals surface area contributed by atoms with Crippen molar-refractivity contribution in [2.45, 2.75) is 41.0 Å². The van der Waals surface area contributed by atoms with Crippen molar-refractivity contribution < 1.29 is 0 Å². The first-order chi connectivity index (χ1) is 7.70. The predicted molar refractivity (Wildman–Crippen MR) is 78.0 cm³/mol. The molecule has 0 bridgehead atoms. The minimum absolute atomic E-state index is 0.576. The second kappa shape index (κ2) is 5.80. The molecule has 1 aromatic heterocycles. The van der Waals surface area contributed by atoms with E-state index in [1.807, 2.05) is 34.9 Å². The van der Waals surface area contributed by atoms with Crippen molar-refractivity contribution in [3.63, 3.8) is 0 Å². The second-order valence-electron chi connectivity index (χ2n) is 4.33. The molecule has 0 fully saturated rings. The van der Waals surface area contributed by atoms with Crippen molar-refractivity contribution in [2.24, 2.45) is 0 Å². The van der Waals surface area contributed by atoms with E-state index in [0.717, 1.165) is 11.8 Å². The van der Waals surface area contributed by atoms with Crippen LogP contribution in [0.4, 0.5) is 0 Å². The molecule has 0 saturated heterocycles. The highest BCUT2D eigenvalue weighted by atomic mass is 32.2. The molecule has 0 spiro atoms. The maximum atomic E-state index is 3.72. The number of thiophene rings is 1. The lowest BCUT2D eigenvalue weighted by atomic mass is 10.0. The van der Waals surface area contributed by atoms with E-state index in [4.69, 9.17) is 0 Å². The molecule has 0 radical (unpaired) electrons. The smallest absolute Gasteiger partial charge is 0.0649 e. The normalized spacial score (nSPS) is 26.4. The third-order valence-electron chi connectivity index (χ3n) is 2.96. The Labute approximate surface area is 111 Å². The van der Waals surface area contributed by atoms with Gasteiger partial charge in [0.15, 0.2) is 0 Å². The molecule has 1 aliphatic rings. The van der Waals surface area contributed by atoms with E-state index >= 15 is 0 Å². The average Bonchev–Trinajstić information content (AvgIpc) is 2.73. The lowest BCUT2D eigenvalue weighted by Gasteiger charge is -2.28. The fourth-order valence-electron chi connectivity index (χ4n) is 1.93. The Kier molecular flexibility index (Phi) is 4.65. The SMILES string of the molecule is CSC(C)CNC1C[C@H](C)Sc2sccc21. The number of hydrogen-bond donors (Lipinski definition) is 1. The van der Waals surface area contributed by atoms with Gasteiger partial charge in [0, 0.05) is 23.1 Å². The van der Waals surface area contributed by atoms with Crippen molar-refractivity contribution in [1.29, 1.82) is 0 Å². The maximum Gasteiger partial charge on any atom is 0.0649 e. The quantitative estimate of drug-likeness (QED) is 0.890. The van der Waals surface area contributed by atoms with E-state index in [2.05, 4.69) is 36.9 Å². The third-order valence-corrected chi connectivity index (χ3v) is 6.28. The Hall–Kier alpha value is 0.360. The highest BCUT2D eigenvalue weighted by molar-refractivity contribution is 8.01. The van der Waals surface area contributed by atoms with Crippen molar-refractivity contribution in [3.8, 4) is 0 Å². The van der Waals surface area contributed by atoms with Crippen LogP contribution in [0.2, 0.25) is 0 Å². The number of nitrogens with one attached hydrogen (secondary N) is 1. The molecule has 2 unspecified atom stereocenters. The van der Waals surface area contributed by atoms with Gasteiger partial charge >= 0.3 is 0 Å². The summed E-state index contributed by atoms with van der Waals surface area (Å²) in [5.74, 6) is 0. The van der Waals surface area contributed by atoms with Crippen LogP contribution < -0.4 is 5.32 Å². The average molecular weight is 273 g/mol. The fourth-order valence-corrected chi connectivity index (χ4v) is 4.76. The topological polar surface area (TPSA) is 12.0 Å². The Morgan fingerprint density at radius 2 is 2.44 bits per heavy atom. The van der Waals surface area contributed by atoms with Crippen molar-refractivity contribution >= 4 is 34.9 Å². The molecule has 1 nitrogen and oxygen atoms in total. The molecule has 1 N–H and O–H groups in total. The zero-order chi connectivity index (χ0) is 11.5. The third kappa shape index (κ3) is 2.97. The summed E-state index contributed by atoms with van der Waals surface area (Å²) in [4.78, 5) is 0. The molecular weight excluding hydrogens is 254 g/mol. The van der Waals surface area contributed by atoms with Gasteiger partial charge in [-0.05, 0) is 29.7 Å². The fraction of sp³-hybridized carbons (Fsp3) is 0.667.